The predicted octanol–water partition coefficient (Wildman–Crippen LogP) is 4.16. The molecule has 0 radical (unpaired) electrons. The van der Waals surface area contributed by atoms with Crippen LogP contribution in [0.1, 0.15) is 11.1 Å². The summed E-state index contributed by atoms with van der Waals surface area (Å²) in [7, 11) is 0. The summed E-state index contributed by atoms with van der Waals surface area (Å²) in [6.07, 6.45) is 1.22. The molecule has 4 heteroatoms. The zero-order valence-corrected chi connectivity index (χ0v) is 10.5. The van der Waals surface area contributed by atoms with E-state index in [1.54, 1.807) is 0 Å². The van der Waals surface area contributed by atoms with Crippen LogP contribution in [0.2, 0.25) is 0 Å². The minimum absolute atomic E-state index is 0.376. The highest BCUT2D eigenvalue weighted by molar-refractivity contribution is 6.67. The van der Waals surface area contributed by atoms with Gasteiger partial charge in [0, 0.05) is 6.08 Å². The molecule has 0 unspecified atom stereocenters. The zero-order valence-electron chi connectivity index (χ0n) is 9.74. The summed E-state index contributed by atoms with van der Waals surface area (Å²) in [6.45, 7) is 0. The first-order valence-electron chi connectivity index (χ1n) is 5.49. The number of allylic oxidation sites excluding steroid dienone is 1. The second-order valence-electron chi connectivity index (χ2n) is 3.88. The van der Waals surface area contributed by atoms with Gasteiger partial charge in [0.1, 0.15) is 11.6 Å². The van der Waals surface area contributed by atoms with E-state index in [1.807, 2.05) is 0 Å². The molecule has 0 bridgehead atoms. The first-order valence-corrected chi connectivity index (χ1v) is 5.87. The molecule has 0 amide bonds. The van der Waals surface area contributed by atoms with Gasteiger partial charge in [0.25, 0.3) is 0 Å². The first kappa shape index (κ1) is 13.4. The summed E-state index contributed by atoms with van der Waals surface area (Å²) >= 11 is 5.37. The smallest absolute Gasteiger partial charge is 0.245 e. The molecule has 1 nitrogen and oxygen atoms in total. The van der Waals surface area contributed by atoms with Gasteiger partial charge in [-0.1, -0.05) is 24.3 Å². The fourth-order valence-electron chi connectivity index (χ4n) is 1.71. The maximum atomic E-state index is 12.9. The Morgan fingerprint density at radius 2 is 1.21 bits per heavy atom. The van der Waals surface area contributed by atoms with E-state index in [2.05, 4.69) is 0 Å². The molecule has 0 heterocycles. The predicted molar refractivity (Wildman–Crippen MR) is 70.7 cm³/mol. The van der Waals surface area contributed by atoms with Crippen LogP contribution < -0.4 is 0 Å². The van der Waals surface area contributed by atoms with E-state index in [0.717, 1.165) is 0 Å². The standard InChI is InChI=1S/C15H9ClF2O/c16-15(19)9-14(10-1-5-12(17)6-2-10)11-3-7-13(18)8-4-11/h1-9H. The number of hydrogen-bond acceptors (Lipinski definition) is 1. The normalized spacial score (nSPS) is 10.1. The quantitative estimate of drug-likeness (QED) is 0.608. The lowest BCUT2D eigenvalue weighted by Crippen LogP contribution is -1.92. The molecule has 0 aromatic heterocycles. The van der Waals surface area contributed by atoms with E-state index in [1.165, 1.54) is 54.6 Å². The summed E-state index contributed by atoms with van der Waals surface area (Å²) in [5.74, 6) is -0.751. The van der Waals surface area contributed by atoms with Crippen LogP contribution in [0.15, 0.2) is 54.6 Å². The van der Waals surface area contributed by atoms with Crippen LogP contribution in [0.4, 0.5) is 8.78 Å². The van der Waals surface area contributed by atoms with E-state index in [4.69, 9.17) is 11.6 Å². The van der Waals surface area contributed by atoms with Crippen LogP contribution in [0.3, 0.4) is 0 Å². The largest absolute Gasteiger partial charge is 0.276 e. The van der Waals surface area contributed by atoms with E-state index in [9.17, 15) is 13.6 Å². The van der Waals surface area contributed by atoms with Gasteiger partial charge < -0.3 is 0 Å². The third kappa shape index (κ3) is 3.48. The zero-order chi connectivity index (χ0) is 13.8. The van der Waals surface area contributed by atoms with Gasteiger partial charge in [0.15, 0.2) is 0 Å². The Morgan fingerprint density at radius 1 is 0.842 bits per heavy atom. The van der Waals surface area contributed by atoms with Gasteiger partial charge in [-0.2, -0.15) is 0 Å². The Kier molecular flexibility index (Phi) is 4.07. The Morgan fingerprint density at radius 3 is 1.53 bits per heavy atom. The van der Waals surface area contributed by atoms with Gasteiger partial charge in [0.05, 0.1) is 0 Å². The SMILES string of the molecule is O=C(Cl)C=C(c1ccc(F)cc1)c1ccc(F)cc1. The maximum Gasteiger partial charge on any atom is 0.245 e. The van der Waals surface area contributed by atoms with Gasteiger partial charge in [-0.05, 0) is 52.6 Å². The van der Waals surface area contributed by atoms with Crippen molar-refractivity contribution in [1.29, 1.82) is 0 Å². The number of rotatable bonds is 3. The van der Waals surface area contributed by atoms with Gasteiger partial charge >= 0.3 is 0 Å². The Labute approximate surface area is 114 Å². The second kappa shape index (κ2) is 5.76. The fraction of sp³-hybridized carbons (Fsp3) is 0. The lowest BCUT2D eigenvalue weighted by atomic mass is 9.98. The molecule has 19 heavy (non-hydrogen) atoms. The van der Waals surface area contributed by atoms with Crippen molar-refractivity contribution in [2.24, 2.45) is 0 Å². The molecule has 96 valence electrons. The molecular formula is C15H9ClF2O. The van der Waals surface area contributed by atoms with Crippen molar-refractivity contribution >= 4 is 22.4 Å². The van der Waals surface area contributed by atoms with E-state index >= 15 is 0 Å². The lowest BCUT2D eigenvalue weighted by molar-refractivity contribution is -0.107. The molecular weight excluding hydrogens is 270 g/mol. The highest BCUT2D eigenvalue weighted by atomic mass is 35.5. The molecule has 2 rings (SSSR count). The van der Waals surface area contributed by atoms with Crippen molar-refractivity contribution in [3.05, 3.63) is 77.4 Å². The van der Waals surface area contributed by atoms with Crippen LogP contribution in [0, 0.1) is 11.6 Å². The van der Waals surface area contributed by atoms with Crippen LogP contribution in [0.25, 0.3) is 5.57 Å². The van der Waals surface area contributed by atoms with Gasteiger partial charge in [0.2, 0.25) is 5.24 Å². The van der Waals surface area contributed by atoms with Crippen LogP contribution >= 0.6 is 11.6 Å². The van der Waals surface area contributed by atoms with E-state index in [-0.39, 0.29) is 11.6 Å². The van der Waals surface area contributed by atoms with Crippen LogP contribution in [-0.4, -0.2) is 5.24 Å². The summed E-state index contributed by atoms with van der Waals surface area (Å²) in [5.41, 5.74) is 1.77. The lowest BCUT2D eigenvalue weighted by Gasteiger charge is -2.07. The molecule has 0 aliphatic rings. The number of carbonyl (C=O) groups excluding carboxylic acids is 1. The minimum Gasteiger partial charge on any atom is -0.276 e. The van der Waals surface area contributed by atoms with Gasteiger partial charge in [-0.25, -0.2) is 8.78 Å². The molecule has 0 N–H and O–H groups in total. The molecule has 2 aromatic rings. The van der Waals surface area contributed by atoms with Gasteiger partial charge in [-0.15, -0.1) is 0 Å². The maximum absolute atomic E-state index is 12.9. The topological polar surface area (TPSA) is 17.1 Å². The molecule has 0 fully saturated rings. The number of carbonyl (C=O) groups is 1. The summed E-state index contributed by atoms with van der Waals surface area (Å²) in [6, 6.07) is 11.3. The van der Waals surface area contributed by atoms with Crippen molar-refractivity contribution in [2.75, 3.05) is 0 Å². The number of benzene rings is 2. The highest BCUT2D eigenvalue weighted by Gasteiger charge is 2.07. The second-order valence-corrected chi connectivity index (χ2v) is 4.25. The van der Waals surface area contributed by atoms with Crippen molar-refractivity contribution in [2.45, 2.75) is 0 Å². The summed E-state index contributed by atoms with van der Waals surface area (Å²) < 4.78 is 25.8. The minimum atomic E-state index is -0.649. The Hall–Kier alpha value is -2.00. The number of halogens is 3. The van der Waals surface area contributed by atoms with Crippen molar-refractivity contribution in [3.8, 4) is 0 Å². The first-order chi connectivity index (χ1) is 9.06. The third-order valence-electron chi connectivity index (χ3n) is 2.57. The molecule has 0 spiro atoms. The molecule has 0 saturated carbocycles. The number of hydrogen-bond donors (Lipinski definition) is 0. The third-order valence-corrected chi connectivity index (χ3v) is 2.68. The highest BCUT2D eigenvalue weighted by Crippen LogP contribution is 2.24. The monoisotopic (exact) mass is 278 g/mol. The van der Waals surface area contributed by atoms with E-state index in [0.29, 0.717) is 16.7 Å². The van der Waals surface area contributed by atoms with Crippen molar-refractivity contribution in [3.63, 3.8) is 0 Å². The van der Waals surface area contributed by atoms with Crippen molar-refractivity contribution in [1.82, 2.24) is 0 Å². The summed E-state index contributed by atoms with van der Waals surface area (Å²) in [5, 5.41) is -0.649. The Bertz CT molecular complexity index is 568. The fourth-order valence-corrected chi connectivity index (χ4v) is 1.81. The van der Waals surface area contributed by atoms with Crippen molar-refractivity contribution < 1.29 is 13.6 Å². The Balaban J connectivity index is 2.50. The molecule has 0 atom stereocenters. The average molecular weight is 279 g/mol. The van der Waals surface area contributed by atoms with Crippen LogP contribution in [0.5, 0.6) is 0 Å². The molecule has 0 saturated heterocycles. The summed E-state index contributed by atoms with van der Waals surface area (Å²) in [4.78, 5) is 11.1. The van der Waals surface area contributed by atoms with E-state index < -0.39 is 5.24 Å². The molecule has 2 aromatic carbocycles. The van der Waals surface area contributed by atoms with Gasteiger partial charge in [-0.3, -0.25) is 4.79 Å². The van der Waals surface area contributed by atoms with Crippen LogP contribution in [-0.2, 0) is 4.79 Å². The molecule has 0 aliphatic carbocycles. The molecule has 0 aliphatic heterocycles. The average Bonchev–Trinajstić information content (AvgIpc) is 2.38.